The minimum atomic E-state index is -0.673. The van der Waals surface area contributed by atoms with Crippen LogP contribution in [0.1, 0.15) is 20.8 Å². The second-order valence-electron chi connectivity index (χ2n) is 5.37. The number of nitrogens with one attached hydrogen (secondary N) is 3. The Kier molecular flexibility index (Phi) is 6.16. The van der Waals surface area contributed by atoms with Crippen molar-refractivity contribution in [2.45, 2.75) is 26.3 Å². The highest BCUT2D eigenvalue weighted by molar-refractivity contribution is 9.10. The van der Waals surface area contributed by atoms with Crippen molar-refractivity contribution in [2.75, 3.05) is 18.4 Å². The fourth-order valence-corrected chi connectivity index (χ4v) is 1.82. The maximum Gasteiger partial charge on any atom is 0.313 e. The number of benzene rings is 1. The summed E-state index contributed by atoms with van der Waals surface area (Å²) in [4.78, 5) is 23.3. The van der Waals surface area contributed by atoms with Crippen molar-refractivity contribution in [3.63, 3.8) is 0 Å². The minimum absolute atomic E-state index is 0.0120. The van der Waals surface area contributed by atoms with Crippen molar-refractivity contribution >= 4 is 33.4 Å². The molecule has 0 aliphatic rings. The maximum absolute atomic E-state index is 11.7. The molecule has 0 fully saturated rings. The van der Waals surface area contributed by atoms with Crippen LogP contribution in [0.25, 0.3) is 0 Å². The van der Waals surface area contributed by atoms with Gasteiger partial charge in [-0.1, -0.05) is 12.1 Å². The Morgan fingerprint density at radius 3 is 2.35 bits per heavy atom. The fourth-order valence-electron chi connectivity index (χ4n) is 1.44. The van der Waals surface area contributed by atoms with Gasteiger partial charge in [0, 0.05) is 23.1 Å². The summed E-state index contributed by atoms with van der Waals surface area (Å²) in [5, 5.41) is 8.34. The Bertz CT molecular complexity index is 484. The third-order valence-corrected chi connectivity index (χ3v) is 3.09. The van der Waals surface area contributed by atoms with Gasteiger partial charge in [0.1, 0.15) is 0 Å². The van der Waals surface area contributed by atoms with Crippen molar-refractivity contribution in [3.8, 4) is 0 Å². The molecule has 1 aromatic carbocycles. The number of amides is 2. The van der Waals surface area contributed by atoms with E-state index < -0.39 is 11.8 Å². The summed E-state index contributed by atoms with van der Waals surface area (Å²) >= 11 is 3.30. The second kappa shape index (κ2) is 7.40. The third kappa shape index (κ3) is 6.16. The van der Waals surface area contributed by atoms with Crippen LogP contribution in [0.2, 0.25) is 0 Å². The van der Waals surface area contributed by atoms with Crippen molar-refractivity contribution in [3.05, 3.63) is 28.7 Å². The quantitative estimate of drug-likeness (QED) is 0.578. The predicted molar refractivity (Wildman–Crippen MR) is 83.5 cm³/mol. The lowest BCUT2D eigenvalue weighted by atomic mass is 10.1. The average molecular weight is 342 g/mol. The zero-order chi connectivity index (χ0) is 15.2. The summed E-state index contributed by atoms with van der Waals surface area (Å²) in [6, 6.07) is 7.13. The highest BCUT2D eigenvalue weighted by Crippen LogP contribution is 2.20. The lowest BCUT2D eigenvalue weighted by Crippen LogP contribution is -2.43. The number of hydrogen-bond donors (Lipinski definition) is 3. The molecule has 2 amide bonds. The second-order valence-corrected chi connectivity index (χ2v) is 6.22. The van der Waals surface area contributed by atoms with E-state index in [1.165, 1.54) is 0 Å². The third-order valence-electron chi connectivity index (χ3n) is 2.39. The van der Waals surface area contributed by atoms with Gasteiger partial charge in [0.2, 0.25) is 0 Å². The van der Waals surface area contributed by atoms with E-state index >= 15 is 0 Å². The molecule has 5 nitrogen and oxygen atoms in total. The van der Waals surface area contributed by atoms with Crippen LogP contribution in [-0.2, 0) is 9.59 Å². The standard InChI is InChI=1S/C14H20BrN3O2/c1-14(2,3)17-9-8-16-12(19)13(20)18-11-7-5-4-6-10(11)15/h4-7,17H,8-9H2,1-3H3,(H,16,19)(H,18,20). The highest BCUT2D eigenvalue weighted by Gasteiger charge is 2.14. The largest absolute Gasteiger partial charge is 0.347 e. The van der Waals surface area contributed by atoms with E-state index in [4.69, 9.17) is 0 Å². The summed E-state index contributed by atoms with van der Waals surface area (Å²) in [7, 11) is 0. The van der Waals surface area contributed by atoms with Gasteiger partial charge in [-0.2, -0.15) is 0 Å². The predicted octanol–water partition coefficient (Wildman–Crippen LogP) is 1.89. The van der Waals surface area contributed by atoms with Gasteiger partial charge in [-0.15, -0.1) is 0 Å². The molecule has 1 aromatic rings. The molecule has 0 aromatic heterocycles. The number of halogens is 1. The van der Waals surface area contributed by atoms with E-state index in [9.17, 15) is 9.59 Å². The van der Waals surface area contributed by atoms with Gasteiger partial charge in [0.15, 0.2) is 0 Å². The SMILES string of the molecule is CC(C)(C)NCCNC(=O)C(=O)Nc1ccccc1Br. The molecular weight excluding hydrogens is 322 g/mol. The van der Waals surface area contributed by atoms with Crippen molar-refractivity contribution in [2.24, 2.45) is 0 Å². The average Bonchev–Trinajstić information content (AvgIpc) is 2.36. The van der Waals surface area contributed by atoms with Gasteiger partial charge in [-0.3, -0.25) is 9.59 Å². The van der Waals surface area contributed by atoms with Crippen LogP contribution in [0.4, 0.5) is 5.69 Å². The number of para-hydroxylation sites is 1. The van der Waals surface area contributed by atoms with E-state index in [2.05, 4.69) is 31.9 Å². The molecule has 0 unspecified atom stereocenters. The highest BCUT2D eigenvalue weighted by atomic mass is 79.9. The van der Waals surface area contributed by atoms with Gasteiger partial charge >= 0.3 is 11.8 Å². The van der Waals surface area contributed by atoms with Crippen LogP contribution in [0, 0.1) is 0 Å². The van der Waals surface area contributed by atoms with Crippen LogP contribution < -0.4 is 16.0 Å². The number of anilines is 1. The van der Waals surface area contributed by atoms with Crippen LogP contribution >= 0.6 is 15.9 Å². The van der Waals surface area contributed by atoms with E-state index in [0.29, 0.717) is 18.8 Å². The monoisotopic (exact) mass is 341 g/mol. The molecule has 110 valence electrons. The van der Waals surface area contributed by atoms with Gasteiger partial charge in [-0.05, 0) is 48.8 Å². The fraction of sp³-hybridized carbons (Fsp3) is 0.429. The maximum atomic E-state index is 11.7. The van der Waals surface area contributed by atoms with E-state index in [0.717, 1.165) is 4.47 Å². The zero-order valence-electron chi connectivity index (χ0n) is 11.9. The van der Waals surface area contributed by atoms with Crippen LogP contribution in [0.15, 0.2) is 28.7 Å². The van der Waals surface area contributed by atoms with E-state index in [1.807, 2.05) is 26.8 Å². The Morgan fingerprint density at radius 2 is 1.75 bits per heavy atom. The van der Waals surface area contributed by atoms with E-state index in [-0.39, 0.29) is 5.54 Å². The van der Waals surface area contributed by atoms with Crippen molar-refractivity contribution < 1.29 is 9.59 Å². The van der Waals surface area contributed by atoms with Crippen LogP contribution in [0.3, 0.4) is 0 Å². The van der Waals surface area contributed by atoms with Crippen LogP contribution in [0.5, 0.6) is 0 Å². The molecule has 0 aliphatic carbocycles. The van der Waals surface area contributed by atoms with Gasteiger partial charge in [0.25, 0.3) is 0 Å². The Morgan fingerprint density at radius 1 is 1.10 bits per heavy atom. The van der Waals surface area contributed by atoms with E-state index in [1.54, 1.807) is 18.2 Å². The minimum Gasteiger partial charge on any atom is -0.347 e. The molecule has 0 heterocycles. The van der Waals surface area contributed by atoms with Gasteiger partial charge in [-0.25, -0.2) is 0 Å². The Labute approximate surface area is 127 Å². The first-order valence-corrected chi connectivity index (χ1v) is 7.17. The molecule has 6 heteroatoms. The molecule has 3 N–H and O–H groups in total. The topological polar surface area (TPSA) is 70.2 Å². The van der Waals surface area contributed by atoms with Crippen LogP contribution in [-0.4, -0.2) is 30.4 Å². The molecular formula is C14H20BrN3O2. The zero-order valence-corrected chi connectivity index (χ0v) is 13.5. The summed E-state index contributed by atoms with van der Waals surface area (Å²) in [6.45, 7) is 7.12. The van der Waals surface area contributed by atoms with Gasteiger partial charge in [0.05, 0.1) is 5.69 Å². The normalized spacial score (nSPS) is 11.0. The first kappa shape index (κ1) is 16.7. The first-order chi connectivity index (χ1) is 9.29. The smallest absolute Gasteiger partial charge is 0.313 e. The Balaban J connectivity index is 2.37. The summed E-state index contributed by atoms with van der Waals surface area (Å²) in [5.74, 6) is -1.32. The molecule has 0 spiro atoms. The molecule has 0 saturated heterocycles. The summed E-state index contributed by atoms with van der Waals surface area (Å²) < 4.78 is 0.732. The van der Waals surface area contributed by atoms with Crippen molar-refractivity contribution in [1.82, 2.24) is 10.6 Å². The molecule has 0 aliphatic heterocycles. The molecule has 20 heavy (non-hydrogen) atoms. The summed E-state index contributed by atoms with van der Waals surface area (Å²) in [6.07, 6.45) is 0. The molecule has 0 saturated carbocycles. The number of carbonyl (C=O) groups is 2. The molecule has 0 atom stereocenters. The first-order valence-electron chi connectivity index (χ1n) is 6.38. The van der Waals surface area contributed by atoms with Gasteiger partial charge < -0.3 is 16.0 Å². The number of carbonyl (C=O) groups excluding carboxylic acids is 2. The Hall–Kier alpha value is -1.40. The molecule has 1 rings (SSSR count). The lowest BCUT2D eigenvalue weighted by Gasteiger charge is -2.20. The molecule has 0 radical (unpaired) electrons. The van der Waals surface area contributed by atoms with Crippen molar-refractivity contribution in [1.29, 1.82) is 0 Å². The number of rotatable bonds is 4. The number of hydrogen-bond acceptors (Lipinski definition) is 3. The summed E-state index contributed by atoms with van der Waals surface area (Å²) in [5.41, 5.74) is 0.558. The molecule has 0 bridgehead atoms. The lowest BCUT2D eigenvalue weighted by molar-refractivity contribution is -0.136.